The van der Waals surface area contributed by atoms with E-state index >= 15 is 0 Å². The number of aryl methyl sites for hydroxylation is 1. The maximum atomic E-state index is 11.8. The standard InChI is InChI=1S/C11H20N4OS/c1-8-9(17-11(12)14-8)10(16)13-6-4-5-7-15(2)3/h4-7H2,1-3H3,(H2,12,14)(H,13,16). The van der Waals surface area contributed by atoms with Gasteiger partial charge in [0, 0.05) is 6.54 Å². The summed E-state index contributed by atoms with van der Waals surface area (Å²) in [7, 11) is 4.09. The Balaban J connectivity index is 2.28. The fourth-order valence-corrected chi connectivity index (χ4v) is 2.21. The molecule has 1 heterocycles. The van der Waals surface area contributed by atoms with Crippen molar-refractivity contribution < 1.29 is 4.79 Å². The van der Waals surface area contributed by atoms with E-state index in [0.717, 1.165) is 19.4 Å². The molecule has 0 aliphatic heterocycles. The van der Waals surface area contributed by atoms with E-state index in [4.69, 9.17) is 5.73 Å². The van der Waals surface area contributed by atoms with E-state index in [1.165, 1.54) is 11.3 Å². The van der Waals surface area contributed by atoms with Crippen molar-refractivity contribution in [1.29, 1.82) is 0 Å². The van der Waals surface area contributed by atoms with Crippen LogP contribution in [0.15, 0.2) is 0 Å². The van der Waals surface area contributed by atoms with E-state index < -0.39 is 0 Å². The zero-order valence-electron chi connectivity index (χ0n) is 10.6. The van der Waals surface area contributed by atoms with E-state index in [0.29, 0.717) is 22.2 Å². The molecule has 1 aromatic heterocycles. The fourth-order valence-electron chi connectivity index (χ4n) is 1.46. The molecule has 0 aliphatic rings. The van der Waals surface area contributed by atoms with Crippen molar-refractivity contribution in [3.05, 3.63) is 10.6 Å². The predicted octanol–water partition coefficient (Wildman–Crippen LogP) is 1.11. The first-order chi connectivity index (χ1) is 8.00. The van der Waals surface area contributed by atoms with Crippen LogP contribution >= 0.6 is 11.3 Å². The van der Waals surface area contributed by atoms with Crippen LogP contribution in [-0.4, -0.2) is 43.0 Å². The summed E-state index contributed by atoms with van der Waals surface area (Å²) in [5.41, 5.74) is 6.26. The smallest absolute Gasteiger partial charge is 0.263 e. The van der Waals surface area contributed by atoms with Gasteiger partial charge in [0.1, 0.15) is 4.88 Å². The van der Waals surface area contributed by atoms with Gasteiger partial charge in [0.15, 0.2) is 5.13 Å². The topological polar surface area (TPSA) is 71.2 Å². The number of nitrogens with one attached hydrogen (secondary N) is 1. The zero-order chi connectivity index (χ0) is 12.8. The first kappa shape index (κ1) is 13.9. The molecular weight excluding hydrogens is 236 g/mol. The molecule has 0 aliphatic carbocycles. The summed E-state index contributed by atoms with van der Waals surface area (Å²) in [5.74, 6) is -0.0680. The summed E-state index contributed by atoms with van der Waals surface area (Å²) in [5, 5.41) is 3.33. The molecule has 17 heavy (non-hydrogen) atoms. The number of nitrogens with two attached hydrogens (primary N) is 1. The van der Waals surface area contributed by atoms with Gasteiger partial charge in [-0.05, 0) is 40.4 Å². The summed E-state index contributed by atoms with van der Waals surface area (Å²) in [4.78, 5) is 18.6. The lowest BCUT2D eigenvalue weighted by Gasteiger charge is -2.09. The SMILES string of the molecule is Cc1nc(N)sc1C(=O)NCCCCN(C)C. The Morgan fingerprint density at radius 3 is 2.71 bits per heavy atom. The monoisotopic (exact) mass is 256 g/mol. The molecular formula is C11H20N4OS. The van der Waals surface area contributed by atoms with E-state index in [2.05, 4.69) is 15.2 Å². The van der Waals surface area contributed by atoms with Crippen LogP contribution in [0.4, 0.5) is 5.13 Å². The van der Waals surface area contributed by atoms with Crippen LogP contribution in [0.1, 0.15) is 28.2 Å². The molecule has 0 saturated carbocycles. The van der Waals surface area contributed by atoms with Crippen LogP contribution in [0.3, 0.4) is 0 Å². The van der Waals surface area contributed by atoms with Crippen molar-refractivity contribution in [1.82, 2.24) is 15.2 Å². The van der Waals surface area contributed by atoms with Crippen LogP contribution in [0.25, 0.3) is 0 Å². The average molecular weight is 256 g/mol. The number of hydrogen-bond acceptors (Lipinski definition) is 5. The second-order valence-corrected chi connectivity index (χ2v) is 5.26. The van der Waals surface area contributed by atoms with E-state index in [1.54, 1.807) is 6.92 Å². The molecule has 0 saturated heterocycles. The van der Waals surface area contributed by atoms with Crippen molar-refractivity contribution >= 4 is 22.4 Å². The minimum absolute atomic E-state index is 0.0680. The third kappa shape index (κ3) is 4.70. The lowest BCUT2D eigenvalue weighted by molar-refractivity contribution is 0.0956. The fraction of sp³-hybridized carbons (Fsp3) is 0.636. The molecule has 3 N–H and O–H groups in total. The molecule has 0 radical (unpaired) electrons. The largest absolute Gasteiger partial charge is 0.375 e. The van der Waals surface area contributed by atoms with Crippen molar-refractivity contribution in [3.63, 3.8) is 0 Å². The van der Waals surface area contributed by atoms with Crippen molar-refractivity contribution in [2.24, 2.45) is 0 Å². The lowest BCUT2D eigenvalue weighted by atomic mass is 10.3. The van der Waals surface area contributed by atoms with Gasteiger partial charge in [-0.3, -0.25) is 4.79 Å². The van der Waals surface area contributed by atoms with E-state index in [9.17, 15) is 4.79 Å². The lowest BCUT2D eigenvalue weighted by Crippen LogP contribution is -2.25. The predicted molar refractivity (Wildman–Crippen MR) is 71.4 cm³/mol. The normalized spacial score (nSPS) is 10.8. The van der Waals surface area contributed by atoms with Crippen LogP contribution in [0.5, 0.6) is 0 Å². The number of anilines is 1. The molecule has 5 nitrogen and oxygen atoms in total. The van der Waals surface area contributed by atoms with Gasteiger partial charge in [-0.15, -0.1) is 0 Å². The Hall–Kier alpha value is -1.14. The highest BCUT2D eigenvalue weighted by molar-refractivity contribution is 7.17. The van der Waals surface area contributed by atoms with Crippen LogP contribution < -0.4 is 11.1 Å². The highest BCUT2D eigenvalue weighted by Gasteiger charge is 2.13. The third-order valence-corrected chi connectivity index (χ3v) is 3.32. The van der Waals surface area contributed by atoms with Gasteiger partial charge >= 0.3 is 0 Å². The number of amides is 1. The number of nitrogen functional groups attached to an aromatic ring is 1. The van der Waals surface area contributed by atoms with Gasteiger partial charge in [0.2, 0.25) is 0 Å². The quantitative estimate of drug-likeness (QED) is 0.748. The van der Waals surface area contributed by atoms with Crippen molar-refractivity contribution in [2.75, 3.05) is 32.9 Å². The number of carbonyl (C=O) groups excluding carboxylic acids is 1. The number of thiazole rings is 1. The molecule has 1 rings (SSSR count). The number of unbranched alkanes of at least 4 members (excludes halogenated alkanes) is 1. The molecule has 0 bridgehead atoms. The van der Waals surface area contributed by atoms with Crippen molar-refractivity contribution in [3.8, 4) is 0 Å². The Labute approximate surface area is 106 Å². The Bertz CT molecular complexity index is 376. The number of hydrogen-bond donors (Lipinski definition) is 2. The Morgan fingerprint density at radius 1 is 1.47 bits per heavy atom. The first-order valence-corrected chi connectivity index (χ1v) is 6.48. The summed E-state index contributed by atoms with van der Waals surface area (Å²) in [6.45, 7) is 3.54. The number of carbonyl (C=O) groups is 1. The van der Waals surface area contributed by atoms with Gasteiger partial charge in [-0.25, -0.2) is 4.98 Å². The molecule has 0 spiro atoms. The second kappa shape index (κ2) is 6.56. The molecule has 96 valence electrons. The number of nitrogens with zero attached hydrogens (tertiary/aromatic N) is 2. The Morgan fingerprint density at radius 2 is 2.18 bits per heavy atom. The van der Waals surface area contributed by atoms with Crippen LogP contribution in [0.2, 0.25) is 0 Å². The molecule has 1 amide bonds. The molecule has 1 aromatic rings. The van der Waals surface area contributed by atoms with Gasteiger partial charge in [-0.1, -0.05) is 11.3 Å². The highest BCUT2D eigenvalue weighted by Crippen LogP contribution is 2.19. The minimum Gasteiger partial charge on any atom is -0.375 e. The summed E-state index contributed by atoms with van der Waals surface area (Å²) >= 11 is 1.24. The molecule has 0 fully saturated rings. The minimum atomic E-state index is -0.0680. The zero-order valence-corrected chi connectivity index (χ0v) is 11.4. The maximum Gasteiger partial charge on any atom is 0.263 e. The van der Waals surface area contributed by atoms with Gasteiger partial charge in [-0.2, -0.15) is 0 Å². The summed E-state index contributed by atoms with van der Waals surface area (Å²) in [6, 6.07) is 0. The second-order valence-electron chi connectivity index (χ2n) is 4.23. The van der Waals surface area contributed by atoms with E-state index in [1.807, 2.05) is 14.1 Å². The Kier molecular flexibility index (Phi) is 5.37. The van der Waals surface area contributed by atoms with Gasteiger partial charge in [0.05, 0.1) is 5.69 Å². The highest BCUT2D eigenvalue weighted by atomic mass is 32.1. The summed E-state index contributed by atoms with van der Waals surface area (Å²) in [6.07, 6.45) is 2.06. The van der Waals surface area contributed by atoms with Crippen LogP contribution in [0, 0.1) is 6.92 Å². The van der Waals surface area contributed by atoms with Gasteiger partial charge in [0.25, 0.3) is 5.91 Å². The molecule has 0 atom stereocenters. The number of rotatable bonds is 6. The first-order valence-electron chi connectivity index (χ1n) is 5.66. The van der Waals surface area contributed by atoms with E-state index in [-0.39, 0.29) is 5.91 Å². The third-order valence-electron chi connectivity index (χ3n) is 2.34. The van der Waals surface area contributed by atoms with Gasteiger partial charge < -0.3 is 16.0 Å². The molecule has 0 aromatic carbocycles. The maximum absolute atomic E-state index is 11.8. The number of aromatic nitrogens is 1. The summed E-state index contributed by atoms with van der Waals surface area (Å²) < 4.78 is 0. The molecule has 6 heteroatoms. The molecule has 0 unspecified atom stereocenters. The van der Waals surface area contributed by atoms with Crippen molar-refractivity contribution in [2.45, 2.75) is 19.8 Å². The average Bonchev–Trinajstić information content (AvgIpc) is 2.56. The van der Waals surface area contributed by atoms with Crippen LogP contribution in [-0.2, 0) is 0 Å².